The molecule has 1 fully saturated rings. The van der Waals surface area contributed by atoms with Gasteiger partial charge in [0, 0.05) is 30.6 Å². The first kappa shape index (κ1) is 12.6. The Kier molecular flexibility index (Phi) is 4.02. The van der Waals surface area contributed by atoms with Gasteiger partial charge in [-0.3, -0.25) is 4.90 Å². The molecule has 100 valence electrons. The second kappa shape index (κ2) is 5.72. The molecule has 3 heterocycles. The lowest BCUT2D eigenvalue weighted by Gasteiger charge is -2.35. The summed E-state index contributed by atoms with van der Waals surface area (Å²) in [6.07, 6.45) is 5.37. The fourth-order valence-electron chi connectivity index (χ4n) is 3.38. The molecule has 2 nitrogen and oxygen atoms in total. The van der Waals surface area contributed by atoms with E-state index in [0.717, 1.165) is 12.0 Å². The van der Waals surface area contributed by atoms with Crippen molar-refractivity contribution < 1.29 is 0 Å². The molecule has 3 heteroatoms. The van der Waals surface area contributed by atoms with Crippen LogP contribution in [0.15, 0.2) is 11.4 Å². The number of fused-ring (bicyclic) bond motifs is 1. The van der Waals surface area contributed by atoms with Crippen LogP contribution >= 0.6 is 11.3 Å². The van der Waals surface area contributed by atoms with Crippen molar-refractivity contribution >= 4 is 11.3 Å². The zero-order chi connectivity index (χ0) is 12.4. The lowest BCUT2D eigenvalue weighted by Crippen LogP contribution is -2.46. The van der Waals surface area contributed by atoms with E-state index in [4.69, 9.17) is 0 Å². The molecule has 18 heavy (non-hydrogen) atoms. The van der Waals surface area contributed by atoms with Gasteiger partial charge in [-0.05, 0) is 48.7 Å². The van der Waals surface area contributed by atoms with Crippen LogP contribution in [0.1, 0.15) is 36.6 Å². The Hall–Kier alpha value is -0.380. The molecule has 3 rings (SSSR count). The normalized spacial score (nSPS) is 29.2. The summed E-state index contributed by atoms with van der Waals surface area (Å²) in [5.74, 6) is 0.956. The summed E-state index contributed by atoms with van der Waals surface area (Å²) in [4.78, 5) is 4.26. The fourth-order valence-corrected chi connectivity index (χ4v) is 4.27. The van der Waals surface area contributed by atoms with Crippen molar-refractivity contribution in [2.75, 3.05) is 19.6 Å². The molecule has 0 saturated carbocycles. The smallest absolute Gasteiger partial charge is 0.0245 e. The third-order valence-corrected chi connectivity index (χ3v) is 5.57. The largest absolute Gasteiger partial charge is 0.313 e. The van der Waals surface area contributed by atoms with E-state index in [2.05, 4.69) is 28.6 Å². The van der Waals surface area contributed by atoms with E-state index in [1.54, 1.807) is 10.4 Å². The average Bonchev–Trinajstić information content (AvgIpc) is 2.86. The number of hydrogen-bond acceptors (Lipinski definition) is 3. The third-order valence-electron chi connectivity index (χ3n) is 4.55. The maximum absolute atomic E-state index is 3.71. The molecule has 1 aromatic rings. The Morgan fingerprint density at radius 1 is 1.50 bits per heavy atom. The summed E-state index contributed by atoms with van der Waals surface area (Å²) in [6.45, 7) is 7.23. The van der Waals surface area contributed by atoms with Crippen molar-refractivity contribution in [2.45, 2.75) is 45.2 Å². The molecule has 0 radical (unpaired) electrons. The molecule has 0 bridgehead atoms. The molecule has 0 spiro atoms. The van der Waals surface area contributed by atoms with Crippen LogP contribution in [0.25, 0.3) is 0 Å². The average molecular weight is 264 g/mol. The molecule has 1 aromatic heterocycles. The van der Waals surface area contributed by atoms with Crippen LogP contribution in [-0.2, 0) is 13.0 Å². The number of piperidine rings is 1. The minimum atomic E-state index is 0.726. The monoisotopic (exact) mass is 264 g/mol. The Morgan fingerprint density at radius 3 is 3.33 bits per heavy atom. The SMILES string of the molecule is CCC1CCNC(CN2CCc3sccc3C2)C1. The van der Waals surface area contributed by atoms with Crippen molar-refractivity contribution in [1.29, 1.82) is 0 Å². The molecule has 0 aliphatic carbocycles. The zero-order valence-electron chi connectivity index (χ0n) is 11.3. The maximum atomic E-state index is 3.71. The third kappa shape index (κ3) is 2.79. The summed E-state index contributed by atoms with van der Waals surface area (Å²) in [5, 5.41) is 5.96. The van der Waals surface area contributed by atoms with Crippen LogP contribution in [0.4, 0.5) is 0 Å². The Balaban J connectivity index is 1.54. The summed E-state index contributed by atoms with van der Waals surface area (Å²) in [6, 6.07) is 3.04. The number of rotatable bonds is 3. The van der Waals surface area contributed by atoms with E-state index < -0.39 is 0 Å². The first-order valence-electron chi connectivity index (χ1n) is 7.36. The molecule has 1 N–H and O–H groups in total. The highest BCUT2D eigenvalue weighted by Crippen LogP contribution is 2.25. The van der Waals surface area contributed by atoms with Crippen molar-refractivity contribution in [3.8, 4) is 0 Å². The van der Waals surface area contributed by atoms with Crippen LogP contribution < -0.4 is 5.32 Å². The molecule has 0 aromatic carbocycles. The quantitative estimate of drug-likeness (QED) is 0.903. The summed E-state index contributed by atoms with van der Waals surface area (Å²) >= 11 is 1.94. The van der Waals surface area contributed by atoms with E-state index in [9.17, 15) is 0 Å². The number of nitrogens with one attached hydrogen (secondary N) is 1. The number of hydrogen-bond donors (Lipinski definition) is 1. The van der Waals surface area contributed by atoms with E-state index in [1.807, 2.05) is 11.3 Å². The Labute approximate surface area is 114 Å². The predicted octanol–water partition coefficient (Wildman–Crippen LogP) is 2.88. The van der Waals surface area contributed by atoms with Gasteiger partial charge in [-0.25, -0.2) is 0 Å². The molecule has 0 amide bonds. The van der Waals surface area contributed by atoms with Gasteiger partial charge < -0.3 is 5.32 Å². The summed E-state index contributed by atoms with van der Waals surface area (Å²) in [5.41, 5.74) is 1.58. The molecule has 2 atom stereocenters. The van der Waals surface area contributed by atoms with Gasteiger partial charge >= 0.3 is 0 Å². The maximum Gasteiger partial charge on any atom is 0.0245 e. The summed E-state index contributed by atoms with van der Waals surface area (Å²) < 4.78 is 0. The van der Waals surface area contributed by atoms with Crippen LogP contribution in [0.3, 0.4) is 0 Å². The van der Waals surface area contributed by atoms with Gasteiger partial charge in [0.15, 0.2) is 0 Å². The zero-order valence-corrected chi connectivity index (χ0v) is 12.1. The van der Waals surface area contributed by atoms with E-state index in [0.29, 0.717) is 0 Å². The Bertz CT molecular complexity index is 388. The summed E-state index contributed by atoms with van der Waals surface area (Å²) in [7, 11) is 0. The molecule has 2 aliphatic heterocycles. The fraction of sp³-hybridized carbons (Fsp3) is 0.733. The second-order valence-electron chi connectivity index (χ2n) is 5.80. The van der Waals surface area contributed by atoms with Gasteiger partial charge in [0.05, 0.1) is 0 Å². The van der Waals surface area contributed by atoms with E-state index in [-0.39, 0.29) is 0 Å². The highest BCUT2D eigenvalue weighted by molar-refractivity contribution is 7.10. The van der Waals surface area contributed by atoms with Gasteiger partial charge in [0.1, 0.15) is 0 Å². The van der Waals surface area contributed by atoms with Crippen LogP contribution in [0.2, 0.25) is 0 Å². The van der Waals surface area contributed by atoms with Crippen molar-refractivity contribution in [3.05, 3.63) is 21.9 Å². The van der Waals surface area contributed by atoms with Crippen molar-refractivity contribution in [3.63, 3.8) is 0 Å². The highest BCUT2D eigenvalue weighted by Gasteiger charge is 2.24. The lowest BCUT2D eigenvalue weighted by atomic mass is 9.90. The Morgan fingerprint density at radius 2 is 2.44 bits per heavy atom. The first-order chi connectivity index (χ1) is 8.85. The van der Waals surface area contributed by atoms with Gasteiger partial charge in [-0.2, -0.15) is 0 Å². The van der Waals surface area contributed by atoms with Crippen LogP contribution in [0, 0.1) is 5.92 Å². The molecule has 2 unspecified atom stereocenters. The first-order valence-corrected chi connectivity index (χ1v) is 8.24. The van der Waals surface area contributed by atoms with Gasteiger partial charge in [-0.15, -0.1) is 11.3 Å². The standard InChI is InChI=1S/C15H24N2S/c1-2-12-3-6-16-14(9-12)11-17-7-4-15-13(10-17)5-8-18-15/h5,8,12,14,16H,2-4,6-7,9-11H2,1H3. The number of nitrogens with zero attached hydrogens (tertiary/aromatic N) is 1. The molecule has 1 saturated heterocycles. The van der Waals surface area contributed by atoms with Crippen LogP contribution in [0.5, 0.6) is 0 Å². The molecular formula is C15H24N2S. The highest BCUT2D eigenvalue weighted by atomic mass is 32.1. The topological polar surface area (TPSA) is 15.3 Å². The van der Waals surface area contributed by atoms with E-state index in [1.165, 1.54) is 51.9 Å². The van der Waals surface area contributed by atoms with Gasteiger partial charge in [-0.1, -0.05) is 13.3 Å². The van der Waals surface area contributed by atoms with E-state index >= 15 is 0 Å². The van der Waals surface area contributed by atoms with Gasteiger partial charge in [0.25, 0.3) is 0 Å². The predicted molar refractivity (Wildman–Crippen MR) is 78.1 cm³/mol. The molecule has 2 aliphatic rings. The van der Waals surface area contributed by atoms with Crippen molar-refractivity contribution in [1.82, 2.24) is 10.2 Å². The van der Waals surface area contributed by atoms with Crippen molar-refractivity contribution in [2.24, 2.45) is 5.92 Å². The molecular weight excluding hydrogens is 240 g/mol. The minimum Gasteiger partial charge on any atom is -0.313 e. The lowest BCUT2D eigenvalue weighted by molar-refractivity contribution is 0.188. The number of thiophene rings is 1. The van der Waals surface area contributed by atoms with Crippen LogP contribution in [-0.4, -0.2) is 30.6 Å². The van der Waals surface area contributed by atoms with Gasteiger partial charge in [0.2, 0.25) is 0 Å². The minimum absolute atomic E-state index is 0.726. The second-order valence-corrected chi connectivity index (χ2v) is 6.80.